The largest absolute Gasteiger partial charge is 0.477 e. The van der Waals surface area contributed by atoms with E-state index >= 15 is 0 Å². The normalized spacial score (nSPS) is 12.4. The van der Waals surface area contributed by atoms with Gasteiger partial charge in [-0.25, -0.2) is 9.00 Å². The minimum atomic E-state index is -1.53. The van der Waals surface area contributed by atoms with Crippen LogP contribution in [-0.2, 0) is 10.8 Å². The summed E-state index contributed by atoms with van der Waals surface area (Å²) in [5.74, 6) is -1.11. The summed E-state index contributed by atoms with van der Waals surface area (Å²) in [5, 5.41) is 9.97. The smallest absolute Gasteiger partial charge is 0.353 e. The predicted molar refractivity (Wildman–Crippen MR) is 76.4 cm³/mol. The van der Waals surface area contributed by atoms with E-state index in [4.69, 9.17) is 0 Å². The quantitative estimate of drug-likeness (QED) is 0.777. The standard InChI is InChI=1S/C15H11NO3S/c17-15(18)13-14(11-8-4-5-9-12(11)16-13)20(19)10-6-2-1-3-7-10/h1-9,16H,(H,17,18). The first-order chi connectivity index (χ1) is 9.68. The molecule has 2 N–H and O–H groups in total. The summed E-state index contributed by atoms with van der Waals surface area (Å²) >= 11 is 0. The maximum Gasteiger partial charge on any atom is 0.353 e. The minimum absolute atomic E-state index is 0.0200. The molecule has 0 radical (unpaired) electrons. The lowest BCUT2D eigenvalue weighted by Crippen LogP contribution is -2.03. The molecule has 0 aliphatic heterocycles. The van der Waals surface area contributed by atoms with E-state index < -0.39 is 16.8 Å². The number of carbonyl (C=O) groups is 1. The number of benzene rings is 2. The summed E-state index contributed by atoms with van der Waals surface area (Å²) in [6, 6.07) is 16.0. The second-order valence-electron chi connectivity index (χ2n) is 4.26. The van der Waals surface area contributed by atoms with Gasteiger partial charge in [-0.15, -0.1) is 0 Å². The number of aromatic carboxylic acids is 1. The number of nitrogens with one attached hydrogen (secondary N) is 1. The average Bonchev–Trinajstić information content (AvgIpc) is 2.87. The molecule has 0 spiro atoms. The highest BCUT2D eigenvalue weighted by Crippen LogP contribution is 2.28. The van der Waals surface area contributed by atoms with Gasteiger partial charge in [0.05, 0.1) is 15.7 Å². The van der Waals surface area contributed by atoms with Crippen LogP contribution in [0, 0.1) is 0 Å². The molecule has 4 nitrogen and oxygen atoms in total. The highest BCUT2D eigenvalue weighted by Gasteiger charge is 2.22. The van der Waals surface area contributed by atoms with Gasteiger partial charge >= 0.3 is 5.97 Å². The molecule has 0 saturated carbocycles. The van der Waals surface area contributed by atoms with Crippen molar-refractivity contribution in [3.63, 3.8) is 0 Å². The zero-order valence-corrected chi connectivity index (χ0v) is 11.2. The molecule has 0 bridgehead atoms. The molecule has 3 aromatic rings. The molecule has 1 atom stereocenters. The van der Waals surface area contributed by atoms with Crippen molar-refractivity contribution >= 4 is 27.7 Å². The maximum absolute atomic E-state index is 12.7. The van der Waals surface area contributed by atoms with Gasteiger partial charge in [-0.05, 0) is 18.2 Å². The van der Waals surface area contributed by atoms with Gasteiger partial charge in [-0.1, -0.05) is 36.4 Å². The first-order valence-electron chi connectivity index (χ1n) is 5.99. The van der Waals surface area contributed by atoms with E-state index in [-0.39, 0.29) is 5.69 Å². The van der Waals surface area contributed by atoms with Crippen LogP contribution in [0.5, 0.6) is 0 Å². The van der Waals surface area contributed by atoms with Gasteiger partial charge in [-0.2, -0.15) is 0 Å². The Hall–Kier alpha value is -2.40. The highest BCUT2D eigenvalue weighted by molar-refractivity contribution is 7.85. The number of hydrogen-bond acceptors (Lipinski definition) is 2. The second-order valence-corrected chi connectivity index (χ2v) is 5.68. The van der Waals surface area contributed by atoms with Crippen LogP contribution >= 0.6 is 0 Å². The summed E-state index contributed by atoms with van der Waals surface area (Å²) in [6.45, 7) is 0. The zero-order valence-electron chi connectivity index (χ0n) is 10.4. The lowest BCUT2D eigenvalue weighted by molar-refractivity contribution is 0.0687. The molecular formula is C15H11NO3S. The summed E-state index contributed by atoms with van der Waals surface area (Å²) in [5.41, 5.74) is 0.651. The van der Waals surface area contributed by atoms with Crippen LogP contribution in [0.3, 0.4) is 0 Å². The van der Waals surface area contributed by atoms with E-state index in [1.807, 2.05) is 6.07 Å². The van der Waals surface area contributed by atoms with Gasteiger partial charge in [-0.3, -0.25) is 0 Å². The van der Waals surface area contributed by atoms with Gasteiger partial charge in [0, 0.05) is 15.8 Å². The summed E-state index contributed by atoms with van der Waals surface area (Å²) in [4.78, 5) is 15.1. The third-order valence-corrected chi connectivity index (χ3v) is 4.51. The molecule has 1 unspecified atom stereocenters. The average molecular weight is 285 g/mol. The fourth-order valence-electron chi connectivity index (χ4n) is 2.12. The molecule has 1 aromatic heterocycles. The first-order valence-corrected chi connectivity index (χ1v) is 7.14. The van der Waals surface area contributed by atoms with E-state index in [9.17, 15) is 14.1 Å². The fraction of sp³-hybridized carbons (Fsp3) is 0. The lowest BCUT2D eigenvalue weighted by Gasteiger charge is -2.02. The molecule has 0 saturated heterocycles. The third-order valence-electron chi connectivity index (χ3n) is 3.01. The summed E-state index contributed by atoms with van der Waals surface area (Å²) in [6.07, 6.45) is 0. The molecular weight excluding hydrogens is 274 g/mol. The number of aromatic amines is 1. The van der Waals surface area contributed by atoms with Crippen molar-refractivity contribution in [1.82, 2.24) is 4.98 Å². The molecule has 0 amide bonds. The van der Waals surface area contributed by atoms with Crippen LogP contribution < -0.4 is 0 Å². The Bertz CT molecular complexity index is 808. The number of para-hydroxylation sites is 1. The van der Waals surface area contributed by atoms with Gasteiger partial charge in [0.1, 0.15) is 5.69 Å². The SMILES string of the molecule is O=C(O)c1[nH]c2ccccc2c1S(=O)c1ccccc1. The molecule has 0 aliphatic carbocycles. The molecule has 100 valence electrons. The first kappa shape index (κ1) is 12.6. The summed E-state index contributed by atoms with van der Waals surface area (Å²) in [7, 11) is -1.53. The zero-order chi connectivity index (χ0) is 14.1. The Balaban J connectivity index is 2.27. The maximum atomic E-state index is 12.7. The van der Waals surface area contributed by atoms with Crippen molar-refractivity contribution in [3.8, 4) is 0 Å². The monoisotopic (exact) mass is 285 g/mol. The van der Waals surface area contributed by atoms with Crippen molar-refractivity contribution < 1.29 is 14.1 Å². The predicted octanol–water partition coefficient (Wildman–Crippen LogP) is 3.03. The number of hydrogen-bond donors (Lipinski definition) is 2. The number of carboxylic acid groups (broad SMARTS) is 1. The van der Waals surface area contributed by atoms with E-state index in [1.165, 1.54) is 0 Å². The van der Waals surface area contributed by atoms with Gasteiger partial charge in [0.15, 0.2) is 0 Å². The van der Waals surface area contributed by atoms with Crippen LogP contribution in [0.2, 0.25) is 0 Å². The minimum Gasteiger partial charge on any atom is -0.477 e. The van der Waals surface area contributed by atoms with Crippen molar-refractivity contribution in [2.24, 2.45) is 0 Å². The lowest BCUT2D eigenvalue weighted by atomic mass is 10.2. The molecule has 20 heavy (non-hydrogen) atoms. The van der Waals surface area contributed by atoms with E-state index in [0.717, 1.165) is 0 Å². The van der Waals surface area contributed by atoms with E-state index in [2.05, 4.69) is 4.98 Å². The van der Waals surface area contributed by atoms with Crippen LogP contribution in [0.15, 0.2) is 64.4 Å². The van der Waals surface area contributed by atoms with Crippen molar-refractivity contribution in [2.45, 2.75) is 9.79 Å². The second kappa shape index (κ2) is 4.94. The Labute approximate surface area is 117 Å². The molecule has 0 aliphatic rings. The number of H-pyrrole nitrogens is 1. The van der Waals surface area contributed by atoms with Crippen LogP contribution in [-0.4, -0.2) is 20.3 Å². The Kier molecular flexibility index (Phi) is 3.12. The molecule has 2 aromatic carbocycles. The van der Waals surface area contributed by atoms with Gasteiger partial charge < -0.3 is 10.1 Å². The third kappa shape index (κ3) is 2.02. The molecule has 0 fully saturated rings. The Morgan fingerprint density at radius 1 is 1.00 bits per heavy atom. The number of fused-ring (bicyclic) bond motifs is 1. The van der Waals surface area contributed by atoms with E-state index in [1.54, 1.807) is 48.5 Å². The molecule has 1 heterocycles. The fourth-order valence-corrected chi connectivity index (χ4v) is 3.46. The number of carboxylic acids is 1. The van der Waals surface area contributed by atoms with Crippen molar-refractivity contribution in [1.29, 1.82) is 0 Å². The van der Waals surface area contributed by atoms with Gasteiger partial charge in [0.25, 0.3) is 0 Å². The molecule has 3 rings (SSSR count). The highest BCUT2D eigenvalue weighted by atomic mass is 32.2. The molecule has 5 heteroatoms. The van der Waals surface area contributed by atoms with Crippen LogP contribution in [0.25, 0.3) is 10.9 Å². The number of rotatable bonds is 3. The Morgan fingerprint density at radius 3 is 2.35 bits per heavy atom. The van der Waals surface area contributed by atoms with Crippen LogP contribution in [0.1, 0.15) is 10.5 Å². The number of aromatic nitrogens is 1. The van der Waals surface area contributed by atoms with Crippen molar-refractivity contribution in [2.75, 3.05) is 0 Å². The van der Waals surface area contributed by atoms with Crippen LogP contribution in [0.4, 0.5) is 0 Å². The van der Waals surface area contributed by atoms with Gasteiger partial charge in [0.2, 0.25) is 0 Å². The Morgan fingerprint density at radius 2 is 1.65 bits per heavy atom. The summed E-state index contributed by atoms with van der Waals surface area (Å²) < 4.78 is 12.7. The topological polar surface area (TPSA) is 70.2 Å². The van der Waals surface area contributed by atoms with Crippen molar-refractivity contribution in [3.05, 3.63) is 60.3 Å². The van der Waals surface area contributed by atoms with E-state index in [0.29, 0.717) is 20.7 Å².